The van der Waals surface area contributed by atoms with Gasteiger partial charge in [0.1, 0.15) is 10.4 Å². The van der Waals surface area contributed by atoms with Crippen molar-refractivity contribution in [3.8, 4) is 0 Å². The van der Waals surface area contributed by atoms with Gasteiger partial charge < -0.3 is 14.0 Å². The van der Waals surface area contributed by atoms with Crippen LogP contribution >= 0.6 is 11.3 Å². The quantitative estimate of drug-likeness (QED) is 0.635. The standard InChI is InChI=1S/C21H24N2O2S/c24-21(25-14-15-8-10-22-9-4-3-5-16(22)13-15)19-17-6-1-2-7-18(17)23-11-12-26-20(19)23/h1-2,6-7,11-12,15-16H,3-5,8-10,13-14H2. The van der Waals surface area contributed by atoms with Crippen molar-refractivity contribution in [2.75, 3.05) is 19.7 Å². The van der Waals surface area contributed by atoms with Crippen LogP contribution in [0.15, 0.2) is 35.8 Å². The highest BCUT2D eigenvalue weighted by Gasteiger charge is 2.31. The van der Waals surface area contributed by atoms with E-state index >= 15 is 0 Å². The van der Waals surface area contributed by atoms with E-state index in [0.717, 1.165) is 34.3 Å². The molecule has 3 aromatic rings. The number of carbonyl (C=O) groups is 1. The Labute approximate surface area is 157 Å². The molecule has 0 amide bonds. The summed E-state index contributed by atoms with van der Waals surface area (Å²) in [5.74, 6) is 0.336. The van der Waals surface area contributed by atoms with Gasteiger partial charge in [-0.2, -0.15) is 0 Å². The number of ether oxygens (including phenoxy) is 1. The van der Waals surface area contributed by atoms with Gasteiger partial charge in [-0.25, -0.2) is 4.79 Å². The molecule has 4 heterocycles. The molecule has 2 unspecified atom stereocenters. The summed E-state index contributed by atoms with van der Waals surface area (Å²) in [4.78, 5) is 16.5. The zero-order valence-electron chi connectivity index (χ0n) is 14.9. The number of piperidine rings is 2. The lowest BCUT2D eigenvalue weighted by atomic mass is 9.86. The third kappa shape index (κ3) is 2.74. The van der Waals surface area contributed by atoms with Crippen LogP contribution in [-0.2, 0) is 4.74 Å². The molecule has 4 nitrogen and oxygen atoms in total. The van der Waals surface area contributed by atoms with Gasteiger partial charge in [-0.1, -0.05) is 24.6 Å². The van der Waals surface area contributed by atoms with Crippen LogP contribution in [0, 0.1) is 5.92 Å². The molecule has 2 saturated heterocycles. The third-order valence-electron chi connectivity index (χ3n) is 6.09. The van der Waals surface area contributed by atoms with Gasteiger partial charge in [0.15, 0.2) is 0 Å². The zero-order chi connectivity index (χ0) is 17.5. The first-order valence-electron chi connectivity index (χ1n) is 9.68. The Bertz CT molecular complexity index is 944. The number of para-hydroxylation sites is 1. The maximum absolute atomic E-state index is 12.9. The average molecular weight is 369 g/mol. The monoisotopic (exact) mass is 368 g/mol. The molecule has 0 saturated carbocycles. The number of nitrogens with zero attached hydrogens (tertiary/aromatic N) is 2. The zero-order valence-corrected chi connectivity index (χ0v) is 15.7. The van der Waals surface area contributed by atoms with E-state index in [0.29, 0.717) is 18.6 Å². The molecule has 136 valence electrons. The van der Waals surface area contributed by atoms with Gasteiger partial charge in [0.05, 0.1) is 12.1 Å². The van der Waals surface area contributed by atoms with Crippen LogP contribution in [0.3, 0.4) is 0 Å². The van der Waals surface area contributed by atoms with Gasteiger partial charge in [-0.3, -0.25) is 0 Å². The van der Waals surface area contributed by atoms with Crippen molar-refractivity contribution in [2.45, 2.75) is 38.1 Å². The molecule has 2 aliphatic rings. The fourth-order valence-electron chi connectivity index (χ4n) is 4.75. The van der Waals surface area contributed by atoms with Crippen LogP contribution in [0.1, 0.15) is 42.5 Å². The average Bonchev–Trinajstić information content (AvgIpc) is 3.26. The van der Waals surface area contributed by atoms with E-state index < -0.39 is 0 Å². The highest BCUT2D eigenvalue weighted by atomic mass is 32.1. The number of aromatic nitrogens is 1. The fraction of sp³-hybridized carbons (Fsp3) is 0.476. The first-order valence-corrected chi connectivity index (χ1v) is 10.6. The van der Waals surface area contributed by atoms with Gasteiger partial charge in [0, 0.05) is 23.0 Å². The lowest BCUT2D eigenvalue weighted by Crippen LogP contribution is -2.46. The fourth-order valence-corrected chi connectivity index (χ4v) is 5.64. The Morgan fingerprint density at radius 1 is 1.19 bits per heavy atom. The van der Waals surface area contributed by atoms with Crippen LogP contribution in [0.25, 0.3) is 15.7 Å². The van der Waals surface area contributed by atoms with E-state index in [9.17, 15) is 4.79 Å². The Kier molecular flexibility index (Phi) is 4.21. The normalized spacial score (nSPS) is 24.0. The molecule has 1 aromatic carbocycles. The summed E-state index contributed by atoms with van der Waals surface area (Å²) < 4.78 is 7.92. The van der Waals surface area contributed by atoms with Crippen molar-refractivity contribution in [3.63, 3.8) is 0 Å². The second kappa shape index (κ2) is 6.71. The number of hydrogen-bond acceptors (Lipinski definition) is 4. The van der Waals surface area contributed by atoms with Crippen LogP contribution in [0.2, 0.25) is 0 Å². The van der Waals surface area contributed by atoms with E-state index in [1.807, 2.05) is 29.8 Å². The predicted molar refractivity (Wildman–Crippen MR) is 105 cm³/mol. The van der Waals surface area contributed by atoms with Crippen LogP contribution in [-0.4, -0.2) is 41.0 Å². The lowest BCUT2D eigenvalue weighted by molar-refractivity contribution is 0.0236. The second-order valence-electron chi connectivity index (χ2n) is 7.64. The number of benzene rings is 1. The molecule has 0 spiro atoms. The molecule has 0 aliphatic carbocycles. The van der Waals surface area contributed by atoms with E-state index in [-0.39, 0.29) is 5.97 Å². The van der Waals surface area contributed by atoms with Crippen LogP contribution < -0.4 is 0 Å². The number of esters is 1. The summed E-state index contributed by atoms with van der Waals surface area (Å²) in [5.41, 5.74) is 1.80. The van der Waals surface area contributed by atoms with Crippen molar-refractivity contribution in [3.05, 3.63) is 41.4 Å². The van der Waals surface area contributed by atoms with Gasteiger partial charge >= 0.3 is 5.97 Å². The van der Waals surface area contributed by atoms with Crippen molar-refractivity contribution < 1.29 is 9.53 Å². The van der Waals surface area contributed by atoms with Crippen LogP contribution in [0.4, 0.5) is 0 Å². The maximum Gasteiger partial charge on any atom is 0.341 e. The maximum atomic E-state index is 12.9. The minimum absolute atomic E-state index is 0.169. The van der Waals surface area contributed by atoms with Crippen molar-refractivity contribution in [1.82, 2.24) is 9.30 Å². The molecule has 0 bridgehead atoms. The largest absolute Gasteiger partial charge is 0.462 e. The Morgan fingerprint density at radius 2 is 2.12 bits per heavy atom. The minimum Gasteiger partial charge on any atom is -0.462 e. The molecule has 2 atom stereocenters. The first-order chi connectivity index (χ1) is 12.8. The number of hydrogen-bond donors (Lipinski definition) is 0. The molecule has 5 rings (SSSR count). The number of fused-ring (bicyclic) bond motifs is 4. The van der Waals surface area contributed by atoms with Gasteiger partial charge in [0.25, 0.3) is 0 Å². The summed E-state index contributed by atoms with van der Waals surface area (Å²) in [5, 5.41) is 3.02. The number of carbonyl (C=O) groups excluding carboxylic acids is 1. The summed E-state index contributed by atoms with van der Waals surface area (Å²) in [6, 6.07) is 8.79. The molecule has 26 heavy (non-hydrogen) atoms. The number of thiazole rings is 1. The van der Waals surface area contributed by atoms with Crippen molar-refractivity contribution in [2.24, 2.45) is 5.92 Å². The molecule has 2 fully saturated rings. The Balaban J connectivity index is 1.33. The summed E-state index contributed by atoms with van der Waals surface area (Å²) in [6.45, 7) is 2.97. The summed E-state index contributed by atoms with van der Waals surface area (Å²) in [7, 11) is 0. The molecular weight excluding hydrogens is 344 g/mol. The molecule has 2 aliphatic heterocycles. The second-order valence-corrected chi connectivity index (χ2v) is 8.54. The van der Waals surface area contributed by atoms with Crippen molar-refractivity contribution >= 4 is 33.0 Å². The topological polar surface area (TPSA) is 34.0 Å². The lowest BCUT2D eigenvalue weighted by Gasteiger charge is -2.42. The molecule has 5 heteroatoms. The Hall–Kier alpha value is -1.85. The van der Waals surface area contributed by atoms with E-state index in [4.69, 9.17) is 4.74 Å². The molecule has 0 radical (unpaired) electrons. The first kappa shape index (κ1) is 16.3. The van der Waals surface area contributed by atoms with E-state index in [1.54, 1.807) is 11.3 Å². The molecule has 2 aromatic heterocycles. The number of rotatable bonds is 3. The van der Waals surface area contributed by atoms with Gasteiger partial charge in [0.2, 0.25) is 0 Å². The van der Waals surface area contributed by atoms with Crippen LogP contribution in [0.5, 0.6) is 0 Å². The Morgan fingerprint density at radius 3 is 3.08 bits per heavy atom. The molecular formula is C21H24N2O2S. The highest BCUT2D eigenvalue weighted by molar-refractivity contribution is 7.16. The van der Waals surface area contributed by atoms with Gasteiger partial charge in [-0.15, -0.1) is 11.3 Å². The SMILES string of the molecule is O=C(OCC1CCN2CCCCC2C1)c1c2ccccc2n2ccsc12. The summed E-state index contributed by atoms with van der Waals surface area (Å²) >= 11 is 1.60. The van der Waals surface area contributed by atoms with E-state index in [1.165, 1.54) is 32.2 Å². The van der Waals surface area contributed by atoms with E-state index in [2.05, 4.69) is 15.4 Å². The summed E-state index contributed by atoms with van der Waals surface area (Å²) in [6.07, 6.45) is 8.35. The third-order valence-corrected chi connectivity index (χ3v) is 6.97. The molecule has 0 N–H and O–H groups in total. The predicted octanol–water partition coefficient (Wildman–Crippen LogP) is 4.58. The minimum atomic E-state index is -0.169. The smallest absolute Gasteiger partial charge is 0.341 e. The van der Waals surface area contributed by atoms with Crippen molar-refractivity contribution in [1.29, 1.82) is 0 Å². The van der Waals surface area contributed by atoms with Gasteiger partial charge in [-0.05, 0) is 50.8 Å². The highest BCUT2D eigenvalue weighted by Crippen LogP contribution is 2.32.